The molecule has 1 aliphatic carbocycles. The van der Waals surface area contributed by atoms with E-state index >= 15 is 0 Å². The number of nitrogens with one attached hydrogen (secondary N) is 2. The molecular weight excluding hydrogens is 367 g/mol. The smallest absolute Gasteiger partial charge is 0.224 e. The van der Waals surface area contributed by atoms with E-state index in [0.29, 0.717) is 34.8 Å². The largest absolute Gasteiger partial charge is 0.351 e. The maximum atomic E-state index is 14.2. The fraction of sp³-hybridized carbons (Fsp3) is 0.227. The van der Waals surface area contributed by atoms with Crippen LogP contribution in [0.15, 0.2) is 60.8 Å². The lowest BCUT2D eigenvalue weighted by Gasteiger charge is -2.13. The number of hydrogen-bond acceptors (Lipinski definition) is 5. The summed E-state index contributed by atoms with van der Waals surface area (Å²) in [4.78, 5) is 13.8. The highest BCUT2D eigenvalue weighted by Gasteiger charge is 2.19. The third-order valence-corrected chi connectivity index (χ3v) is 5.22. The first-order valence-electron chi connectivity index (χ1n) is 9.87. The Morgan fingerprint density at radius 2 is 1.69 bits per heavy atom. The van der Waals surface area contributed by atoms with Crippen molar-refractivity contribution in [1.82, 2.24) is 19.5 Å². The summed E-state index contributed by atoms with van der Waals surface area (Å²) < 4.78 is 16.1. The Hall–Kier alpha value is -3.48. The SMILES string of the molecule is Fc1ccccc1Nc1nc2cnc(NC3CCCC3)nc2n1-c1ccccc1. The summed E-state index contributed by atoms with van der Waals surface area (Å²) in [5.74, 6) is 0.747. The number of nitrogens with zero attached hydrogens (tertiary/aromatic N) is 4. The number of fused-ring (bicyclic) bond motifs is 1. The molecule has 2 heterocycles. The first-order valence-corrected chi connectivity index (χ1v) is 9.87. The van der Waals surface area contributed by atoms with Gasteiger partial charge in [-0.1, -0.05) is 43.2 Å². The number of benzene rings is 2. The Labute approximate surface area is 167 Å². The summed E-state index contributed by atoms with van der Waals surface area (Å²) in [5.41, 5.74) is 2.56. The topological polar surface area (TPSA) is 67.7 Å². The van der Waals surface area contributed by atoms with Crippen molar-refractivity contribution in [1.29, 1.82) is 0 Å². The first-order chi connectivity index (χ1) is 14.3. The number of halogens is 1. The Kier molecular flexibility index (Phi) is 4.56. The van der Waals surface area contributed by atoms with E-state index in [9.17, 15) is 4.39 Å². The number of imidazole rings is 1. The van der Waals surface area contributed by atoms with E-state index in [-0.39, 0.29) is 5.82 Å². The van der Waals surface area contributed by atoms with Crippen molar-refractivity contribution < 1.29 is 4.39 Å². The van der Waals surface area contributed by atoms with Crippen molar-refractivity contribution in [2.75, 3.05) is 10.6 Å². The van der Waals surface area contributed by atoms with Crippen LogP contribution in [0, 0.1) is 5.82 Å². The highest BCUT2D eigenvalue weighted by atomic mass is 19.1. The van der Waals surface area contributed by atoms with Crippen LogP contribution in [0.2, 0.25) is 0 Å². The molecule has 1 fully saturated rings. The minimum Gasteiger partial charge on any atom is -0.351 e. The van der Waals surface area contributed by atoms with Gasteiger partial charge in [-0.3, -0.25) is 4.57 Å². The van der Waals surface area contributed by atoms with E-state index in [0.717, 1.165) is 18.5 Å². The second-order valence-corrected chi connectivity index (χ2v) is 7.24. The molecule has 2 N–H and O–H groups in total. The van der Waals surface area contributed by atoms with E-state index in [1.807, 2.05) is 34.9 Å². The molecular formula is C22H21FN6. The molecule has 0 spiro atoms. The van der Waals surface area contributed by atoms with E-state index in [1.54, 1.807) is 24.4 Å². The zero-order chi connectivity index (χ0) is 19.6. The Balaban J connectivity index is 1.61. The van der Waals surface area contributed by atoms with Crippen LogP contribution in [-0.4, -0.2) is 25.6 Å². The molecule has 0 atom stereocenters. The minimum atomic E-state index is -0.339. The fourth-order valence-corrected chi connectivity index (χ4v) is 3.79. The number of hydrogen-bond donors (Lipinski definition) is 2. The molecule has 1 aliphatic rings. The van der Waals surface area contributed by atoms with Crippen molar-refractivity contribution in [3.63, 3.8) is 0 Å². The molecule has 2 aromatic heterocycles. The monoisotopic (exact) mass is 388 g/mol. The number of rotatable bonds is 5. The molecule has 5 rings (SSSR count). The number of anilines is 3. The van der Waals surface area contributed by atoms with Gasteiger partial charge in [0.1, 0.15) is 11.3 Å². The third kappa shape index (κ3) is 3.51. The van der Waals surface area contributed by atoms with Gasteiger partial charge in [0.25, 0.3) is 0 Å². The van der Waals surface area contributed by atoms with Gasteiger partial charge in [-0.25, -0.2) is 14.4 Å². The van der Waals surface area contributed by atoms with Gasteiger partial charge in [0.2, 0.25) is 11.9 Å². The zero-order valence-corrected chi connectivity index (χ0v) is 15.8. The molecule has 0 amide bonds. The molecule has 4 aromatic rings. The molecule has 0 unspecified atom stereocenters. The van der Waals surface area contributed by atoms with Gasteiger partial charge in [-0.2, -0.15) is 4.98 Å². The third-order valence-electron chi connectivity index (χ3n) is 5.22. The Morgan fingerprint density at radius 3 is 2.48 bits per heavy atom. The molecule has 1 saturated carbocycles. The van der Waals surface area contributed by atoms with Crippen LogP contribution in [0.5, 0.6) is 0 Å². The van der Waals surface area contributed by atoms with Crippen LogP contribution in [0.4, 0.5) is 22.0 Å². The summed E-state index contributed by atoms with van der Waals surface area (Å²) in [6.07, 6.45) is 6.46. The van der Waals surface area contributed by atoms with Gasteiger partial charge < -0.3 is 10.6 Å². The van der Waals surface area contributed by atoms with Gasteiger partial charge in [0.05, 0.1) is 17.6 Å². The summed E-state index contributed by atoms with van der Waals surface area (Å²) in [5, 5.41) is 6.55. The molecule has 2 aromatic carbocycles. The Morgan fingerprint density at radius 1 is 0.931 bits per heavy atom. The van der Waals surface area contributed by atoms with Gasteiger partial charge >= 0.3 is 0 Å². The van der Waals surface area contributed by atoms with Crippen LogP contribution >= 0.6 is 0 Å². The van der Waals surface area contributed by atoms with E-state index in [2.05, 4.69) is 20.6 Å². The van der Waals surface area contributed by atoms with E-state index in [4.69, 9.17) is 4.98 Å². The normalized spacial score (nSPS) is 14.4. The number of aromatic nitrogens is 4. The predicted octanol–water partition coefficient (Wildman–Crippen LogP) is 5.05. The molecule has 0 radical (unpaired) electrons. The average molecular weight is 388 g/mol. The quantitative estimate of drug-likeness (QED) is 0.501. The molecule has 0 bridgehead atoms. The summed E-state index contributed by atoms with van der Waals surface area (Å²) in [7, 11) is 0. The van der Waals surface area contributed by atoms with Crippen molar-refractivity contribution in [3.8, 4) is 5.69 Å². The lowest BCUT2D eigenvalue weighted by molar-refractivity contribution is 0.631. The van der Waals surface area contributed by atoms with Crippen LogP contribution in [0.1, 0.15) is 25.7 Å². The van der Waals surface area contributed by atoms with Crippen LogP contribution in [0.25, 0.3) is 16.9 Å². The lowest BCUT2D eigenvalue weighted by Crippen LogP contribution is -2.16. The van der Waals surface area contributed by atoms with E-state index in [1.165, 1.54) is 18.9 Å². The average Bonchev–Trinajstić information content (AvgIpc) is 3.37. The minimum absolute atomic E-state index is 0.339. The summed E-state index contributed by atoms with van der Waals surface area (Å²) in [6.45, 7) is 0. The molecule has 7 heteroatoms. The summed E-state index contributed by atoms with van der Waals surface area (Å²) >= 11 is 0. The number of para-hydroxylation sites is 2. The fourth-order valence-electron chi connectivity index (χ4n) is 3.79. The van der Waals surface area contributed by atoms with Crippen molar-refractivity contribution >= 4 is 28.7 Å². The van der Waals surface area contributed by atoms with Gasteiger partial charge in [-0.15, -0.1) is 0 Å². The second-order valence-electron chi connectivity index (χ2n) is 7.24. The summed E-state index contributed by atoms with van der Waals surface area (Å²) in [6, 6.07) is 16.8. The van der Waals surface area contributed by atoms with Crippen LogP contribution in [-0.2, 0) is 0 Å². The van der Waals surface area contributed by atoms with Crippen LogP contribution < -0.4 is 10.6 Å². The Bertz CT molecular complexity index is 1130. The molecule has 0 aliphatic heterocycles. The highest BCUT2D eigenvalue weighted by Crippen LogP contribution is 2.28. The van der Waals surface area contributed by atoms with Gasteiger partial charge in [0.15, 0.2) is 5.65 Å². The lowest BCUT2D eigenvalue weighted by atomic mass is 10.2. The predicted molar refractivity (Wildman–Crippen MR) is 112 cm³/mol. The van der Waals surface area contributed by atoms with Crippen molar-refractivity contribution in [2.24, 2.45) is 0 Å². The maximum absolute atomic E-state index is 14.2. The highest BCUT2D eigenvalue weighted by molar-refractivity contribution is 5.79. The van der Waals surface area contributed by atoms with Gasteiger partial charge in [-0.05, 0) is 37.1 Å². The van der Waals surface area contributed by atoms with Crippen molar-refractivity contribution in [2.45, 2.75) is 31.7 Å². The first kappa shape index (κ1) is 17.6. The standard InChI is InChI=1S/C22H21FN6/c23-17-12-6-7-13-18(17)26-22-27-19-14-24-21(25-15-8-4-5-9-15)28-20(19)29(22)16-10-2-1-3-11-16/h1-3,6-7,10-15H,4-5,8-9H2,(H,26,27)(H,24,25,28). The van der Waals surface area contributed by atoms with Crippen molar-refractivity contribution in [3.05, 3.63) is 66.6 Å². The molecule has 146 valence electrons. The zero-order valence-electron chi connectivity index (χ0n) is 15.8. The maximum Gasteiger partial charge on any atom is 0.224 e. The second kappa shape index (κ2) is 7.50. The molecule has 0 saturated heterocycles. The molecule has 6 nitrogen and oxygen atoms in total. The van der Waals surface area contributed by atoms with Gasteiger partial charge in [0, 0.05) is 6.04 Å². The van der Waals surface area contributed by atoms with Crippen LogP contribution in [0.3, 0.4) is 0 Å². The molecule has 29 heavy (non-hydrogen) atoms. The van der Waals surface area contributed by atoms with E-state index < -0.39 is 0 Å².